The summed E-state index contributed by atoms with van der Waals surface area (Å²) in [5.74, 6) is 0. The van der Waals surface area contributed by atoms with Crippen molar-refractivity contribution in [3.63, 3.8) is 0 Å². The van der Waals surface area contributed by atoms with Gasteiger partial charge in [-0.1, -0.05) is 0 Å². The number of alkyl halides is 1. The molecule has 0 rings (SSSR count). The zero-order chi connectivity index (χ0) is 5.70. The van der Waals surface area contributed by atoms with Crippen LogP contribution in [0.3, 0.4) is 0 Å². The molecule has 0 saturated carbocycles. The SMILES string of the molecule is OC(S)NCCF. The largest absolute Gasteiger partial charge is 0.369 e. The fourth-order valence-corrected chi connectivity index (χ4v) is 0.313. The van der Waals surface area contributed by atoms with Gasteiger partial charge in [0.1, 0.15) is 12.2 Å². The average Bonchev–Trinajstić information content (AvgIpc) is 1.61. The highest BCUT2D eigenvalue weighted by Crippen LogP contribution is 1.78. The maximum absolute atomic E-state index is 11.1. The molecule has 0 spiro atoms. The molecule has 0 fully saturated rings. The van der Waals surface area contributed by atoms with Gasteiger partial charge in [-0.2, -0.15) is 0 Å². The third-order valence-corrected chi connectivity index (χ3v) is 0.604. The lowest BCUT2D eigenvalue weighted by molar-refractivity contribution is 0.222. The third kappa shape index (κ3) is 6.20. The summed E-state index contributed by atoms with van der Waals surface area (Å²) in [5.41, 5.74) is -0.893. The number of halogens is 1. The summed E-state index contributed by atoms with van der Waals surface area (Å²) in [6, 6.07) is 0. The van der Waals surface area contributed by atoms with Crippen LogP contribution in [0.25, 0.3) is 0 Å². The molecule has 0 radical (unpaired) electrons. The Balaban J connectivity index is 2.68. The van der Waals surface area contributed by atoms with Gasteiger partial charge < -0.3 is 5.11 Å². The van der Waals surface area contributed by atoms with Gasteiger partial charge in [0, 0.05) is 6.54 Å². The second-order valence-electron chi connectivity index (χ2n) is 1.02. The fourth-order valence-electron chi connectivity index (χ4n) is 0.184. The molecule has 7 heavy (non-hydrogen) atoms. The summed E-state index contributed by atoms with van der Waals surface area (Å²) in [4.78, 5) is 0. The molecule has 0 aliphatic heterocycles. The molecular weight excluding hydrogens is 117 g/mol. The van der Waals surface area contributed by atoms with E-state index in [1.165, 1.54) is 0 Å². The van der Waals surface area contributed by atoms with Crippen LogP contribution in [0.5, 0.6) is 0 Å². The van der Waals surface area contributed by atoms with Crippen molar-refractivity contribution >= 4 is 12.6 Å². The summed E-state index contributed by atoms with van der Waals surface area (Å²) in [6.45, 7) is -0.317. The third-order valence-electron chi connectivity index (χ3n) is 0.421. The van der Waals surface area contributed by atoms with Crippen LogP contribution >= 0.6 is 12.6 Å². The van der Waals surface area contributed by atoms with Gasteiger partial charge in [0.2, 0.25) is 0 Å². The van der Waals surface area contributed by atoms with E-state index in [-0.39, 0.29) is 6.54 Å². The molecule has 0 aromatic carbocycles. The summed E-state index contributed by atoms with van der Waals surface area (Å²) < 4.78 is 11.1. The Labute approximate surface area is 47.1 Å². The molecular formula is C3H8FNOS. The van der Waals surface area contributed by atoms with Crippen molar-refractivity contribution in [2.45, 2.75) is 5.56 Å². The zero-order valence-electron chi connectivity index (χ0n) is 3.76. The minimum Gasteiger partial charge on any atom is -0.369 e. The van der Waals surface area contributed by atoms with E-state index in [0.29, 0.717) is 0 Å². The smallest absolute Gasteiger partial charge is 0.150 e. The van der Waals surface area contributed by atoms with E-state index in [1.807, 2.05) is 0 Å². The Bertz CT molecular complexity index is 43.9. The van der Waals surface area contributed by atoms with Crippen LogP contribution in [0.4, 0.5) is 4.39 Å². The fraction of sp³-hybridized carbons (Fsp3) is 1.00. The number of rotatable bonds is 3. The van der Waals surface area contributed by atoms with E-state index in [9.17, 15) is 4.39 Å². The molecule has 4 heteroatoms. The lowest BCUT2D eigenvalue weighted by atomic mass is 10.7. The Morgan fingerprint density at radius 1 is 1.86 bits per heavy atom. The quantitative estimate of drug-likeness (QED) is 0.359. The van der Waals surface area contributed by atoms with E-state index in [4.69, 9.17) is 5.11 Å². The van der Waals surface area contributed by atoms with Crippen molar-refractivity contribution in [1.82, 2.24) is 5.32 Å². The van der Waals surface area contributed by atoms with Gasteiger partial charge in [0.05, 0.1) is 0 Å². The molecule has 1 unspecified atom stereocenters. The van der Waals surface area contributed by atoms with Crippen molar-refractivity contribution in [1.29, 1.82) is 0 Å². The number of aliphatic hydroxyl groups is 1. The molecule has 1 atom stereocenters. The molecule has 0 bridgehead atoms. The maximum Gasteiger partial charge on any atom is 0.150 e. The highest BCUT2D eigenvalue weighted by atomic mass is 32.1. The maximum atomic E-state index is 11.1. The number of nitrogens with one attached hydrogen (secondary N) is 1. The first-order chi connectivity index (χ1) is 3.27. The predicted octanol–water partition coefficient (Wildman–Crippen LogP) is -0.249. The number of hydrogen-bond donors (Lipinski definition) is 3. The highest BCUT2D eigenvalue weighted by molar-refractivity contribution is 7.80. The topological polar surface area (TPSA) is 32.3 Å². The lowest BCUT2D eigenvalue weighted by Crippen LogP contribution is -2.25. The molecule has 2 nitrogen and oxygen atoms in total. The zero-order valence-corrected chi connectivity index (χ0v) is 4.66. The van der Waals surface area contributed by atoms with Crippen LogP contribution in [-0.2, 0) is 0 Å². The minimum absolute atomic E-state index is 0.157. The van der Waals surface area contributed by atoms with Crippen LogP contribution in [0.1, 0.15) is 0 Å². The van der Waals surface area contributed by atoms with Crippen LogP contribution in [0, 0.1) is 0 Å². The Morgan fingerprint density at radius 2 is 2.43 bits per heavy atom. The van der Waals surface area contributed by atoms with Crippen LogP contribution in [-0.4, -0.2) is 23.9 Å². The number of hydrogen-bond acceptors (Lipinski definition) is 3. The van der Waals surface area contributed by atoms with Gasteiger partial charge >= 0.3 is 0 Å². The summed E-state index contributed by atoms with van der Waals surface area (Å²) >= 11 is 3.51. The lowest BCUT2D eigenvalue weighted by Gasteiger charge is -2.00. The van der Waals surface area contributed by atoms with E-state index in [2.05, 4.69) is 17.9 Å². The molecule has 0 aliphatic rings. The minimum atomic E-state index is -0.893. The summed E-state index contributed by atoms with van der Waals surface area (Å²) in [7, 11) is 0. The van der Waals surface area contributed by atoms with Crippen molar-refractivity contribution in [3.05, 3.63) is 0 Å². The van der Waals surface area contributed by atoms with Gasteiger partial charge in [-0.15, -0.1) is 12.6 Å². The van der Waals surface area contributed by atoms with Crippen LogP contribution in [0.15, 0.2) is 0 Å². The first-order valence-corrected chi connectivity index (χ1v) is 2.44. The highest BCUT2D eigenvalue weighted by Gasteiger charge is 1.89. The molecule has 0 amide bonds. The van der Waals surface area contributed by atoms with Gasteiger partial charge in [-0.25, -0.2) is 4.39 Å². The molecule has 0 heterocycles. The van der Waals surface area contributed by atoms with Crippen molar-refractivity contribution in [2.75, 3.05) is 13.2 Å². The molecule has 2 N–H and O–H groups in total. The number of aliphatic hydroxyl groups excluding tert-OH is 1. The second kappa shape index (κ2) is 4.36. The van der Waals surface area contributed by atoms with E-state index >= 15 is 0 Å². The molecule has 0 saturated heterocycles. The monoisotopic (exact) mass is 125 g/mol. The number of thiol groups is 1. The van der Waals surface area contributed by atoms with E-state index in [1.54, 1.807) is 0 Å². The first kappa shape index (κ1) is 7.20. The van der Waals surface area contributed by atoms with Crippen LogP contribution < -0.4 is 5.32 Å². The summed E-state index contributed by atoms with van der Waals surface area (Å²) in [5, 5.41) is 10.6. The van der Waals surface area contributed by atoms with Crippen LogP contribution in [0.2, 0.25) is 0 Å². The van der Waals surface area contributed by atoms with Crippen molar-refractivity contribution in [3.8, 4) is 0 Å². The second-order valence-corrected chi connectivity index (χ2v) is 1.51. The molecule has 0 aromatic heterocycles. The Hall–Kier alpha value is 0.200. The van der Waals surface area contributed by atoms with Crippen molar-refractivity contribution < 1.29 is 9.50 Å². The van der Waals surface area contributed by atoms with Gasteiger partial charge in [0.15, 0.2) is 0 Å². The normalized spacial score (nSPS) is 14.1. The summed E-state index contributed by atoms with van der Waals surface area (Å²) in [6.07, 6.45) is 0. The van der Waals surface area contributed by atoms with Crippen molar-refractivity contribution in [2.24, 2.45) is 0 Å². The van der Waals surface area contributed by atoms with Gasteiger partial charge in [0.25, 0.3) is 0 Å². The Morgan fingerprint density at radius 3 is 2.57 bits per heavy atom. The standard InChI is InChI=1S/C3H8FNOS/c4-1-2-5-3(6)7/h3,5-7H,1-2H2. The first-order valence-electron chi connectivity index (χ1n) is 1.93. The van der Waals surface area contributed by atoms with E-state index in [0.717, 1.165) is 0 Å². The van der Waals surface area contributed by atoms with Gasteiger partial charge in [-0.05, 0) is 0 Å². The average molecular weight is 125 g/mol. The molecule has 44 valence electrons. The predicted molar refractivity (Wildman–Crippen MR) is 29.0 cm³/mol. The Kier molecular flexibility index (Phi) is 4.49. The molecule has 0 aromatic rings. The van der Waals surface area contributed by atoms with Gasteiger partial charge in [-0.3, -0.25) is 5.32 Å². The van der Waals surface area contributed by atoms with E-state index < -0.39 is 12.2 Å². The molecule has 0 aliphatic carbocycles.